The Morgan fingerprint density at radius 3 is 2.42 bits per heavy atom. The van der Waals surface area contributed by atoms with Gasteiger partial charge in [0, 0.05) is 12.1 Å². The number of nitrogens with zero attached hydrogens (tertiary/aromatic N) is 1. The average molecular weight is 436 g/mol. The fraction of sp³-hybridized carbons (Fsp3) is 0.364. The van der Waals surface area contributed by atoms with Gasteiger partial charge in [0.1, 0.15) is 11.4 Å². The molecule has 168 valence electrons. The van der Waals surface area contributed by atoms with E-state index in [2.05, 4.69) is 20.9 Å². The average Bonchev–Trinajstić information content (AvgIpc) is 2.70. The van der Waals surface area contributed by atoms with Crippen molar-refractivity contribution in [2.45, 2.75) is 39.8 Å². The van der Waals surface area contributed by atoms with E-state index in [-0.39, 0.29) is 12.1 Å². The molecule has 31 heavy (non-hydrogen) atoms. The fourth-order valence-corrected chi connectivity index (χ4v) is 2.55. The monoisotopic (exact) mass is 436 g/mol. The number of para-hydroxylation sites is 1. The number of carbonyl (C=O) groups excluding carboxylic acids is 1. The highest BCUT2D eigenvalue weighted by Gasteiger charge is 2.16. The molecule has 0 unspecified atom stereocenters. The van der Waals surface area contributed by atoms with Gasteiger partial charge < -0.3 is 20.7 Å². The third-order valence-electron chi connectivity index (χ3n) is 3.87. The maximum atomic E-state index is 13.7. The minimum Gasteiger partial charge on any atom is -0.488 e. The molecule has 0 saturated heterocycles. The van der Waals surface area contributed by atoms with E-state index in [0.29, 0.717) is 24.8 Å². The van der Waals surface area contributed by atoms with Crippen LogP contribution in [0.3, 0.4) is 0 Å². The van der Waals surface area contributed by atoms with Gasteiger partial charge in [-0.1, -0.05) is 18.2 Å². The normalized spacial score (nSPS) is 11.8. The number of ether oxygens (including phenoxy) is 1. The van der Waals surface area contributed by atoms with E-state index >= 15 is 0 Å². The van der Waals surface area contributed by atoms with Crippen LogP contribution >= 0.6 is 0 Å². The van der Waals surface area contributed by atoms with Crippen LogP contribution in [0.25, 0.3) is 0 Å². The smallest absolute Gasteiger partial charge is 0.243 e. The molecule has 9 heteroatoms. The Balaban J connectivity index is 2.03. The number of hydrogen-bond acceptors (Lipinski definition) is 3. The van der Waals surface area contributed by atoms with E-state index in [0.717, 1.165) is 17.7 Å². The number of nitrogens with one attached hydrogen (secondary N) is 3. The van der Waals surface area contributed by atoms with E-state index in [9.17, 15) is 18.0 Å². The second kappa shape index (κ2) is 10.7. The molecule has 0 heterocycles. The molecule has 0 aliphatic heterocycles. The first-order chi connectivity index (χ1) is 14.6. The van der Waals surface area contributed by atoms with Crippen molar-refractivity contribution < 1.29 is 22.7 Å². The quantitative estimate of drug-likeness (QED) is 0.349. The number of guanidine groups is 1. The summed E-state index contributed by atoms with van der Waals surface area (Å²) in [5, 5.41) is 8.02. The van der Waals surface area contributed by atoms with Crippen LogP contribution in [0.4, 0.5) is 18.9 Å². The molecule has 6 nitrogen and oxygen atoms in total. The zero-order chi connectivity index (χ0) is 23.0. The highest BCUT2D eigenvalue weighted by Crippen LogP contribution is 2.23. The standard InChI is InChI=1S/C22H27F3N4O2/c1-5-26-21(27-12-14-8-6-7-9-17(14)31-22(2,3)4)28-13-18(30)29-16-11-10-15(23)19(24)20(16)25/h6-11H,5,12-13H2,1-4H3,(H,29,30)(H2,26,27,28). The first-order valence-electron chi connectivity index (χ1n) is 9.83. The second-order valence-electron chi connectivity index (χ2n) is 7.64. The van der Waals surface area contributed by atoms with Crippen molar-refractivity contribution >= 4 is 17.6 Å². The zero-order valence-corrected chi connectivity index (χ0v) is 18.0. The van der Waals surface area contributed by atoms with E-state index in [1.807, 2.05) is 52.0 Å². The summed E-state index contributed by atoms with van der Waals surface area (Å²) in [6, 6.07) is 9.21. The summed E-state index contributed by atoms with van der Waals surface area (Å²) in [5.41, 5.74) is 0.0549. The Kier molecular flexibility index (Phi) is 8.30. The molecule has 2 aromatic carbocycles. The van der Waals surface area contributed by atoms with Crippen LogP contribution in [0, 0.1) is 17.5 Å². The van der Waals surface area contributed by atoms with Gasteiger partial charge >= 0.3 is 0 Å². The molecule has 0 radical (unpaired) electrons. The fourth-order valence-electron chi connectivity index (χ4n) is 2.55. The molecular formula is C22H27F3N4O2. The van der Waals surface area contributed by atoms with Gasteiger partial charge in [0.2, 0.25) is 5.91 Å². The van der Waals surface area contributed by atoms with Crippen molar-refractivity contribution in [1.82, 2.24) is 10.6 Å². The minimum atomic E-state index is -1.64. The molecule has 3 N–H and O–H groups in total. The summed E-state index contributed by atoms with van der Waals surface area (Å²) >= 11 is 0. The van der Waals surface area contributed by atoms with Crippen molar-refractivity contribution in [3.05, 3.63) is 59.4 Å². The van der Waals surface area contributed by atoms with E-state index in [1.54, 1.807) is 0 Å². The van der Waals surface area contributed by atoms with Crippen LogP contribution in [0.5, 0.6) is 5.75 Å². The molecular weight excluding hydrogens is 409 g/mol. The van der Waals surface area contributed by atoms with Gasteiger partial charge in [0.25, 0.3) is 0 Å². The Hall–Kier alpha value is -3.23. The number of benzene rings is 2. The van der Waals surface area contributed by atoms with Gasteiger partial charge in [-0.05, 0) is 45.9 Å². The number of carbonyl (C=O) groups is 1. The number of amides is 1. The van der Waals surface area contributed by atoms with Crippen LogP contribution in [-0.4, -0.2) is 30.6 Å². The molecule has 0 aliphatic rings. The molecule has 2 aromatic rings. The van der Waals surface area contributed by atoms with Gasteiger partial charge in [-0.3, -0.25) is 4.79 Å². The van der Waals surface area contributed by atoms with E-state index in [4.69, 9.17) is 4.74 Å². The highest BCUT2D eigenvalue weighted by molar-refractivity contribution is 5.95. The third kappa shape index (κ3) is 7.51. The summed E-state index contributed by atoms with van der Waals surface area (Å²) in [6.07, 6.45) is 0. The zero-order valence-electron chi connectivity index (χ0n) is 18.0. The predicted octanol–water partition coefficient (Wildman–Crippen LogP) is 3.98. The largest absolute Gasteiger partial charge is 0.488 e. The van der Waals surface area contributed by atoms with Gasteiger partial charge in [-0.25, -0.2) is 18.2 Å². The maximum absolute atomic E-state index is 13.7. The van der Waals surface area contributed by atoms with Gasteiger partial charge in [0.15, 0.2) is 23.4 Å². The Morgan fingerprint density at radius 2 is 1.74 bits per heavy atom. The van der Waals surface area contributed by atoms with E-state index < -0.39 is 29.0 Å². The van der Waals surface area contributed by atoms with Gasteiger partial charge in [-0.2, -0.15) is 0 Å². The highest BCUT2D eigenvalue weighted by atomic mass is 19.2. The molecule has 0 bridgehead atoms. The summed E-state index contributed by atoms with van der Waals surface area (Å²) in [7, 11) is 0. The van der Waals surface area contributed by atoms with Crippen LogP contribution < -0.4 is 20.7 Å². The summed E-state index contributed by atoms with van der Waals surface area (Å²) in [4.78, 5) is 16.5. The lowest BCUT2D eigenvalue weighted by Gasteiger charge is -2.23. The number of halogens is 3. The van der Waals surface area contributed by atoms with Crippen LogP contribution in [0.2, 0.25) is 0 Å². The first-order valence-corrected chi connectivity index (χ1v) is 9.83. The number of hydrogen-bond donors (Lipinski definition) is 3. The molecule has 0 saturated carbocycles. The van der Waals surface area contributed by atoms with Crippen LogP contribution in [0.15, 0.2) is 41.4 Å². The molecule has 0 fully saturated rings. The Bertz CT molecular complexity index is 943. The SMILES string of the molecule is CCNC(=NCc1ccccc1OC(C)(C)C)NCC(=O)Nc1ccc(F)c(F)c1F. The Morgan fingerprint density at radius 1 is 1.03 bits per heavy atom. The van der Waals surface area contributed by atoms with E-state index in [1.165, 1.54) is 0 Å². The Labute approximate surface area is 179 Å². The van der Waals surface area contributed by atoms with Crippen LogP contribution in [-0.2, 0) is 11.3 Å². The lowest BCUT2D eigenvalue weighted by molar-refractivity contribution is -0.115. The number of rotatable bonds is 7. The van der Waals surface area contributed by atoms with Crippen molar-refractivity contribution in [3.63, 3.8) is 0 Å². The molecule has 0 aromatic heterocycles. The van der Waals surface area contributed by atoms with Gasteiger partial charge in [-0.15, -0.1) is 0 Å². The van der Waals surface area contributed by atoms with Crippen molar-refractivity contribution in [2.75, 3.05) is 18.4 Å². The predicted molar refractivity (Wildman–Crippen MR) is 115 cm³/mol. The molecule has 0 spiro atoms. The summed E-state index contributed by atoms with van der Waals surface area (Å²) in [5.74, 6) is -4.01. The van der Waals surface area contributed by atoms with Gasteiger partial charge in [0.05, 0.1) is 18.8 Å². The second-order valence-corrected chi connectivity index (χ2v) is 7.64. The lowest BCUT2D eigenvalue weighted by Crippen LogP contribution is -2.41. The lowest BCUT2D eigenvalue weighted by atomic mass is 10.1. The first kappa shape index (κ1) is 24.0. The molecule has 2 rings (SSSR count). The van der Waals surface area contributed by atoms with Crippen molar-refractivity contribution in [3.8, 4) is 5.75 Å². The minimum absolute atomic E-state index is 0.260. The number of anilines is 1. The summed E-state index contributed by atoms with van der Waals surface area (Å²) < 4.78 is 46.0. The molecule has 1 amide bonds. The maximum Gasteiger partial charge on any atom is 0.243 e. The molecule has 0 aliphatic carbocycles. The van der Waals surface area contributed by atoms with Crippen molar-refractivity contribution in [2.24, 2.45) is 4.99 Å². The van der Waals surface area contributed by atoms with Crippen LogP contribution in [0.1, 0.15) is 33.3 Å². The summed E-state index contributed by atoms with van der Waals surface area (Å²) in [6.45, 7) is 8.30. The van der Waals surface area contributed by atoms with Crippen molar-refractivity contribution in [1.29, 1.82) is 0 Å². The topological polar surface area (TPSA) is 74.8 Å². The molecule has 0 atom stereocenters. The third-order valence-corrected chi connectivity index (χ3v) is 3.87. The number of aliphatic imine (C=N–C) groups is 1.